The molecule has 1 amide bonds. The molecule has 0 atom stereocenters. The van der Waals surface area contributed by atoms with Gasteiger partial charge in [-0.05, 0) is 68.9 Å². The van der Waals surface area contributed by atoms with E-state index in [1.54, 1.807) is 0 Å². The summed E-state index contributed by atoms with van der Waals surface area (Å²) in [5.41, 5.74) is 3.48. The lowest BCUT2D eigenvalue weighted by Gasteiger charge is -2.11. The fourth-order valence-electron chi connectivity index (χ4n) is 3.97. The minimum Gasteiger partial charge on any atom is -0.494 e. The lowest BCUT2D eigenvalue weighted by atomic mass is 10.2. The second kappa shape index (κ2) is 10.5. The van der Waals surface area contributed by atoms with Crippen LogP contribution in [0.2, 0.25) is 0 Å². The van der Waals surface area contributed by atoms with Crippen LogP contribution in [0.3, 0.4) is 0 Å². The molecule has 5 nitrogen and oxygen atoms in total. The van der Waals surface area contributed by atoms with E-state index in [0.29, 0.717) is 12.5 Å². The molecule has 1 aliphatic carbocycles. The third-order valence-corrected chi connectivity index (χ3v) is 5.84. The van der Waals surface area contributed by atoms with E-state index < -0.39 is 0 Å². The molecule has 1 N–H and O–H groups in total. The van der Waals surface area contributed by atoms with Crippen molar-refractivity contribution in [3.8, 4) is 5.75 Å². The predicted octanol–water partition coefficient (Wildman–Crippen LogP) is 5.05. The highest BCUT2D eigenvalue weighted by Crippen LogP contribution is 2.28. The van der Waals surface area contributed by atoms with Gasteiger partial charge in [0.25, 0.3) is 0 Å². The van der Waals surface area contributed by atoms with Gasteiger partial charge in [0.05, 0.1) is 17.6 Å². The number of hydrogen-bond donors (Lipinski definition) is 1. The highest BCUT2D eigenvalue weighted by Gasteiger charge is 2.28. The molecule has 3 aromatic rings. The average molecular weight is 420 g/mol. The third-order valence-electron chi connectivity index (χ3n) is 5.84. The van der Waals surface area contributed by atoms with Gasteiger partial charge in [0, 0.05) is 25.4 Å². The van der Waals surface area contributed by atoms with Crippen molar-refractivity contribution in [3.05, 3.63) is 59.9 Å². The van der Waals surface area contributed by atoms with Crippen LogP contribution in [0.5, 0.6) is 5.75 Å². The Bertz CT molecular complexity index is 1010. The summed E-state index contributed by atoms with van der Waals surface area (Å²) in [6.07, 6.45) is 7.25. The van der Waals surface area contributed by atoms with E-state index in [1.807, 2.05) is 18.2 Å². The van der Waals surface area contributed by atoms with Crippen molar-refractivity contribution in [2.24, 2.45) is 5.92 Å². The Hall–Kier alpha value is -2.82. The Morgan fingerprint density at radius 3 is 2.81 bits per heavy atom. The molecule has 0 bridgehead atoms. The fourth-order valence-corrected chi connectivity index (χ4v) is 3.97. The predicted molar refractivity (Wildman–Crippen MR) is 124 cm³/mol. The number of fused-ring (bicyclic) bond motifs is 1. The molecule has 0 radical (unpaired) electrons. The summed E-state index contributed by atoms with van der Waals surface area (Å²) in [5.74, 6) is 2.63. The summed E-state index contributed by atoms with van der Waals surface area (Å²) in [4.78, 5) is 16.6. The minimum atomic E-state index is 0.245. The van der Waals surface area contributed by atoms with Crippen LogP contribution in [-0.4, -0.2) is 28.6 Å². The zero-order chi connectivity index (χ0) is 21.5. The maximum absolute atomic E-state index is 11.7. The molecular formula is C26H33N3O2. The van der Waals surface area contributed by atoms with Crippen LogP contribution in [0.15, 0.2) is 48.5 Å². The zero-order valence-corrected chi connectivity index (χ0v) is 18.5. The van der Waals surface area contributed by atoms with Gasteiger partial charge in [0.2, 0.25) is 5.91 Å². The molecule has 0 unspecified atom stereocenters. The van der Waals surface area contributed by atoms with Crippen LogP contribution in [0.25, 0.3) is 11.0 Å². The Kier molecular flexibility index (Phi) is 7.23. The number of amides is 1. The number of carbonyl (C=O) groups is 1. The number of hydrogen-bond acceptors (Lipinski definition) is 3. The van der Waals surface area contributed by atoms with Crippen LogP contribution in [0.4, 0.5) is 0 Å². The molecule has 1 aromatic heterocycles. The maximum atomic E-state index is 11.7. The van der Waals surface area contributed by atoms with Gasteiger partial charge in [-0.3, -0.25) is 4.79 Å². The van der Waals surface area contributed by atoms with Gasteiger partial charge in [0.15, 0.2) is 0 Å². The molecule has 4 rings (SSSR count). The number of nitrogens with zero attached hydrogens (tertiary/aromatic N) is 2. The van der Waals surface area contributed by atoms with Crippen molar-refractivity contribution < 1.29 is 9.53 Å². The molecule has 0 aliphatic heterocycles. The lowest BCUT2D eigenvalue weighted by molar-refractivity contribution is -0.122. The van der Waals surface area contributed by atoms with Crippen LogP contribution < -0.4 is 10.1 Å². The first-order valence-corrected chi connectivity index (χ1v) is 11.6. The second-order valence-corrected chi connectivity index (χ2v) is 8.56. The first kappa shape index (κ1) is 21.4. The number of aromatic nitrogens is 2. The summed E-state index contributed by atoms with van der Waals surface area (Å²) in [7, 11) is 0. The molecule has 2 aromatic carbocycles. The van der Waals surface area contributed by atoms with Crippen molar-refractivity contribution in [2.75, 3.05) is 13.2 Å². The Morgan fingerprint density at radius 2 is 1.97 bits per heavy atom. The number of carbonyl (C=O) groups excluding carboxylic acids is 1. The van der Waals surface area contributed by atoms with Gasteiger partial charge in [-0.25, -0.2) is 4.98 Å². The molecule has 1 aliphatic rings. The summed E-state index contributed by atoms with van der Waals surface area (Å²) in [6, 6.07) is 16.6. The van der Waals surface area contributed by atoms with Crippen molar-refractivity contribution in [1.82, 2.24) is 14.9 Å². The van der Waals surface area contributed by atoms with E-state index in [-0.39, 0.29) is 5.91 Å². The molecular weight excluding hydrogens is 386 g/mol. The summed E-state index contributed by atoms with van der Waals surface area (Å²) in [6.45, 7) is 4.47. The smallest absolute Gasteiger partial charge is 0.223 e. The number of aryl methyl sites for hydroxylation is 3. The zero-order valence-electron chi connectivity index (χ0n) is 18.5. The van der Waals surface area contributed by atoms with E-state index in [9.17, 15) is 4.79 Å². The third kappa shape index (κ3) is 6.09. The number of rotatable bonds is 12. The van der Waals surface area contributed by atoms with Crippen LogP contribution >= 0.6 is 0 Å². The number of benzene rings is 2. The summed E-state index contributed by atoms with van der Waals surface area (Å²) >= 11 is 0. The van der Waals surface area contributed by atoms with E-state index in [0.717, 1.165) is 75.1 Å². The van der Waals surface area contributed by atoms with E-state index in [4.69, 9.17) is 9.72 Å². The van der Waals surface area contributed by atoms with Crippen LogP contribution in [-0.2, 0) is 17.8 Å². The Morgan fingerprint density at radius 1 is 1.10 bits per heavy atom. The highest BCUT2D eigenvalue weighted by molar-refractivity contribution is 5.80. The number of nitrogens with one attached hydrogen (secondary N) is 1. The van der Waals surface area contributed by atoms with Gasteiger partial charge in [-0.2, -0.15) is 0 Å². The van der Waals surface area contributed by atoms with Gasteiger partial charge in [0.1, 0.15) is 11.6 Å². The van der Waals surface area contributed by atoms with Gasteiger partial charge in [-0.15, -0.1) is 0 Å². The highest BCUT2D eigenvalue weighted by atomic mass is 16.5. The first-order valence-electron chi connectivity index (χ1n) is 11.6. The van der Waals surface area contributed by atoms with E-state index in [1.165, 1.54) is 11.1 Å². The summed E-state index contributed by atoms with van der Waals surface area (Å²) < 4.78 is 8.29. The second-order valence-electron chi connectivity index (χ2n) is 8.56. The monoisotopic (exact) mass is 419 g/mol. The Labute approximate surface area is 184 Å². The standard InChI is InChI=1S/C26H33N3O2/c1-20-9-7-10-22(19-20)31-18-8-17-29-24-12-5-4-11-23(24)28-25(29)13-3-2-6-16-27-26(30)21-14-15-21/h4-5,7,9-12,19,21H,2-3,6,8,13-18H2,1H3,(H,27,30). The molecule has 1 saturated carbocycles. The SMILES string of the molecule is Cc1cccc(OCCCn2c(CCCCCNC(=O)C3CC3)nc3ccccc32)c1. The Balaban J connectivity index is 1.26. The first-order chi connectivity index (χ1) is 15.2. The van der Waals surface area contributed by atoms with Crippen LogP contribution in [0, 0.1) is 12.8 Å². The minimum absolute atomic E-state index is 0.245. The fraction of sp³-hybridized carbons (Fsp3) is 0.462. The molecule has 0 spiro atoms. The number of para-hydroxylation sites is 2. The van der Waals surface area contributed by atoms with Crippen molar-refractivity contribution in [2.45, 2.75) is 58.4 Å². The average Bonchev–Trinajstić information content (AvgIpc) is 3.56. The number of unbranched alkanes of at least 4 members (excludes halogenated alkanes) is 2. The summed E-state index contributed by atoms with van der Waals surface area (Å²) in [5, 5.41) is 3.05. The number of ether oxygens (including phenoxy) is 1. The van der Waals surface area contributed by atoms with Crippen LogP contribution in [0.1, 0.15) is 49.9 Å². The van der Waals surface area contributed by atoms with Crippen molar-refractivity contribution in [1.29, 1.82) is 0 Å². The molecule has 1 fully saturated rings. The van der Waals surface area contributed by atoms with E-state index >= 15 is 0 Å². The van der Waals surface area contributed by atoms with Gasteiger partial charge < -0.3 is 14.6 Å². The largest absolute Gasteiger partial charge is 0.494 e. The number of imidazole rings is 1. The topological polar surface area (TPSA) is 56.1 Å². The van der Waals surface area contributed by atoms with E-state index in [2.05, 4.69) is 47.1 Å². The van der Waals surface area contributed by atoms with Gasteiger partial charge >= 0.3 is 0 Å². The molecule has 1 heterocycles. The molecule has 0 saturated heterocycles. The maximum Gasteiger partial charge on any atom is 0.223 e. The molecule has 5 heteroatoms. The lowest BCUT2D eigenvalue weighted by Crippen LogP contribution is -2.25. The van der Waals surface area contributed by atoms with Gasteiger partial charge in [-0.1, -0.05) is 30.7 Å². The quantitative estimate of drug-likeness (QED) is 0.418. The molecule has 31 heavy (non-hydrogen) atoms. The van der Waals surface area contributed by atoms with Crippen molar-refractivity contribution >= 4 is 16.9 Å². The molecule has 164 valence electrons. The van der Waals surface area contributed by atoms with Crippen molar-refractivity contribution in [3.63, 3.8) is 0 Å². The normalized spacial score (nSPS) is 13.5.